The largest absolute Gasteiger partial charge is 0.493 e. The van der Waals surface area contributed by atoms with E-state index in [0.29, 0.717) is 11.5 Å². The molecule has 0 aromatic heterocycles. The fourth-order valence-electron chi connectivity index (χ4n) is 1.32. The summed E-state index contributed by atoms with van der Waals surface area (Å²) in [6, 6.07) is 5.14. The minimum Gasteiger partial charge on any atom is -0.493 e. The third-order valence-electron chi connectivity index (χ3n) is 2.27. The number of allylic oxidation sites excluding steroid dienone is 1. The molecule has 19 heavy (non-hydrogen) atoms. The predicted octanol–water partition coefficient (Wildman–Crippen LogP) is 1.85. The van der Waals surface area contributed by atoms with Crippen LogP contribution in [0.5, 0.6) is 11.5 Å². The van der Waals surface area contributed by atoms with Crippen molar-refractivity contribution in [3.05, 3.63) is 29.8 Å². The third-order valence-corrected chi connectivity index (χ3v) is 2.27. The van der Waals surface area contributed by atoms with Gasteiger partial charge in [-0.2, -0.15) is 0 Å². The first kappa shape index (κ1) is 14.8. The van der Waals surface area contributed by atoms with E-state index in [9.17, 15) is 9.59 Å². The molecular weight excluding hydrogens is 248 g/mol. The van der Waals surface area contributed by atoms with Crippen LogP contribution in [0.15, 0.2) is 24.3 Å². The highest BCUT2D eigenvalue weighted by atomic mass is 16.6. The van der Waals surface area contributed by atoms with Crippen molar-refractivity contribution >= 4 is 17.8 Å². The fraction of sp³-hybridized carbons (Fsp3) is 0.286. The molecule has 0 aliphatic rings. The maximum Gasteiger partial charge on any atom is 0.343 e. The molecule has 0 N–H and O–H groups in total. The molecule has 0 aliphatic heterocycles. The SMILES string of the molecule is COC(=O)COc1ccc(/C=C/C(C)=O)cc1OC. The molecule has 1 rings (SSSR count). The van der Waals surface area contributed by atoms with Gasteiger partial charge < -0.3 is 14.2 Å². The van der Waals surface area contributed by atoms with E-state index in [0.717, 1.165) is 5.56 Å². The van der Waals surface area contributed by atoms with Crippen LogP contribution in [0.2, 0.25) is 0 Å². The van der Waals surface area contributed by atoms with Gasteiger partial charge in [0.1, 0.15) is 0 Å². The van der Waals surface area contributed by atoms with Crippen molar-refractivity contribution in [3.8, 4) is 11.5 Å². The predicted molar refractivity (Wildman–Crippen MR) is 70.2 cm³/mol. The standard InChI is InChI=1S/C14H16O5/c1-10(15)4-5-11-6-7-12(13(8-11)17-2)19-9-14(16)18-3/h4-8H,9H2,1-3H3/b5-4+. The smallest absolute Gasteiger partial charge is 0.343 e. The number of carbonyl (C=O) groups excluding carboxylic acids is 2. The monoisotopic (exact) mass is 264 g/mol. The molecule has 0 amide bonds. The minimum absolute atomic E-state index is 0.0371. The van der Waals surface area contributed by atoms with Gasteiger partial charge in [-0.05, 0) is 30.7 Å². The van der Waals surface area contributed by atoms with E-state index in [-0.39, 0.29) is 12.4 Å². The Labute approximate surface area is 111 Å². The first-order valence-corrected chi connectivity index (χ1v) is 5.63. The molecule has 0 heterocycles. The summed E-state index contributed by atoms with van der Waals surface area (Å²) < 4.78 is 14.9. The average Bonchev–Trinajstić information content (AvgIpc) is 2.42. The molecule has 0 bridgehead atoms. The molecule has 5 nitrogen and oxygen atoms in total. The Hall–Kier alpha value is -2.30. The second-order valence-corrected chi connectivity index (χ2v) is 3.72. The van der Waals surface area contributed by atoms with Gasteiger partial charge in [-0.25, -0.2) is 4.79 Å². The zero-order valence-corrected chi connectivity index (χ0v) is 11.1. The van der Waals surface area contributed by atoms with Gasteiger partial charge in [-0.15, -0.1) is 0 Å². The van der Waals surface area contributed by atoms with Gasteiger partial charge in [-0.3, -0.25) is 4.79 Å². The van der Waals surface area contributed by atoms with Crippen molar-refractivity contribution in [1.82, 2.24) is 0 Å². The molecule has 0 fully saturated rings. The second kappa shape index (κ2) is 7.20. The molecule has 0 unspecified atom stereocenters. The maximum atomic E-state index is 11.0. The molecule has 0 atom stereocenters. The van der Waals surface area contributed by atoms with E-state index < -0.39 is 5.97 Å². The van der Waals surface area contributed by atoms with Crippen LogP contribution in [0.25, 0.3) is 6.08 Å². The van der Waals surface area contributed by atoms with Crippen LogP contribution in [0.3, 0.4) is 0 Å². The molecule has 0 aliphatic carbocycles. The summed E-state index contributed by atoms with van der Waals surface area (Å²) >= 11 is 0. The topological polar surface area (TPSA) is 61.8 Å². The number of benzene rings is 1. The van der Waals surface area contributed by atoms with E-state index >= 15 is 0 Å². The van der Waals surface area contributed by atoms with Crippen LogP contribution >= 0.6 is 0 Å². The summed E-state index contributed by atoms with van der Waals surface area (Å²) in [5.41, 5.74) is 0.803. The summed E-state index contributed by atoms with van der Waals surface area (Å²) in [5.74, 6) is 0.412. The van der Waals surface area contributed by atoms with Crippen LogP contribution in [-0.4, -0.2) is 32.6 Å². The zero-order valence-electron chi connectivity index (χ0n) is 11.1. The number of methoxy groups -OCH3 is 2. The minimum atomic E-state index is -0.470. The Kier molecular flexibility index (Phi) is 5.60. The second-order valence-electron chi connectivity index (χ2n) is 3.72. The van der Waals surface area contributed by atoms with E-state index in [1.54, 1.807) is 24.3 Å². The van der Waals surface area contributed by atoms with E-state index in [1.807, 2.05) is 0 Å². The van der Waals surface area contributed by atoms with Crippen molar-refractivity contribution in [2.24, 2.45) is 0 Å². The lowest BCUT2D eigenvalue weighted by Gasteiger charge is -2.10. The van der Waals surface area contributed by atoms with Gasteiger partial charge in [0.15, 0.2) is 23.9 Å². The average molecular weight is 264 g/mol. The quantitative estimate of drug-likeness (QED) is 0.579. The number of carbonyl (C=O) groups is 2. The van der Waals surface area contributed by atoms with Crippen molar-refractivity contribution in [3.63, 3.8) is 0 Å². The molecule has 102 valence electrons. The molecule has 1 aromatic carbocycles. The number of ether oxygens (including phenoxy) is 3. The van der Waals surface area contributed by atoms with Gasteiger partial charge in [0.2, 0.25) is 0 Å². The van der Waals surface area contributed by atoms with Crippen LogP contribution in [0.4, 0.5) is 0 Å². The van der Waals surface area contributed by atoms with E-state index in [4.69, 9.17) is 9.47 Å². The maximum absolute atomic E-state index is 11.0. The molecule has 1 aromatic rings. The number of hydrogen-bond donors (Lipinski definition) is 0. The number of rotatable bonds is 6. The molecule has 5 heteroatoms. The first-order chi connectivity index (χ1) is 9.06. The van der Waals surface area contributed by atoms with Gasteiger partial charge in [0, 0.05) is 0 Å². The van der Waals surface area contributed by atoms with Gasteiger partial charge in [0.05, 0.1) is 14.2 Å². The van der Waals surface area contributed by atoms with E-state index in [1.165, 1.54) is 27.2 Å². The van der Waals surface area contributed by atoms with Crippen molar-refractivity contribution < 1.29 is 23.8 Å². The lowest BCUT2D eigenvalue weighted by Crippen LogP contribution is -2.12. The highest BCUT2D eigenvalue weighted by Crippen LogP contribution is 2.28. The van der Waals surface area contributed by atoms with Crippen molar-refractivity contribution in [2.45, 2.75) is 6.92 Å². The Balaban J connectivity index is 2.84. The molecule has 0 spiro atoms. The molecule has 0 saturated carbocycles. The lowest BCUT2D eigenvalue weighted by molar-refractivity contribution is -0.142. The Morgan fingerprint density at radius 1 is 1.21 bits per heavy atom. The summed E-state index contributed by atoms with van der Waals surface area (Å²) in [7, 11) is 2.79. The van der Waals surface area contributed by atoms with Gasteiger partial charge >= 0.3 is 5.97 Å². The third kappa shape index (κ3) is 4.83. The molecule has 0 saturated heterocycles. The van der Waals surface area contributed by atoms with Gasteiger partial charge in [0.25, 0.3) is 0 Å². The Morgan fingerprint density at radius 3 is 2.53 bits per heavy atom. The zero-order chi connectivity index (χ0) is 14.3. The first-order valence-electron chi connectivity index (χ1n) is 5.63. The summed E-state index contributed by atoms with van der Waals surface area (Å²) in [5, 5.41) is 0. The fourth-order valence-corrected chi connectivity index (χ4v) is 1.32. The van der Waals surface area contributed by atoms with Crippen LogP contribution < -0.4 is 9.47 Å². The van der Waals surface area contributed by atoms with Gasteiger partial charge in [-0.1, -0.05) is 12.1 Å². The normalized spacial score (nSPS) is 10.3. The van der Waals surface area contributed by atoms with E-state index in [2.05, 4.69) is 4.74 Å². The Bertz CT molecular complexity index is 491. The molecular formula is C14H16O5. The highest BCUT2D eigenvalue weighted by molar-refractivity contribution is 5.91. The lowest BCUT2D eigenvalue weighted by atomic mass is 10.2. The van der Waals surface area contributed by atoms with Crippen LogP contribution in [0.1, 0.15) is 12.5 Å². The summed E-state index contributed by atoms with van der Waals surface area (Å²) in [6.07, 6.45) is 3.14. The summed E-state index contributed by atoms with van der Waals surface area (Å²) in [4.78, 5) is 21.8. The number of esters is 1. The van der Waals surface area contributed by atoms with Crippen molar-refractivity contribution in [1.29, 1.82) is 0 Å². The molecule has 0 radical (unpaired) electrons. The number of ketones is 1. The summed E-state index contributed by atoms with van der Waals surface area (Å²) in [6.45, 7) is 1.29. The van der Waals surface area contributed by atoms with Crippen LogP contribution in [0, 0.1) is 0 Å². The van der Waals surface area contributed by atoms with Crippen LogP contribution in [-0.2, 0) is 14.3 Å². The van der Waals surface area contributed by atoms with Crippen molar-refractivity contribution in [2.75, 3.05) is 20.8 Å². The Morgan fingerprint density at radius 2 is 1.95 bits per heavy atom. The number of hydrogen-bond acceptors (Lipinski definition) is 5. The highest BCUT2D eigenvalue weighted by Gasteiger charge is 2.07.